The van der Waals surface area contributed by atoms with E-state index in [-0.39, 0.29) is 16.4 Å². The second kappa shape index (κ2) is 8.28. The lowest BCUT2D eigenvalue weighted by molar-refractivity contribution is 0.0600. The zero-order chi connectivity index (χ0) is 22.1. The summed E-state index contributed by atoms with van der Waals surface area (Å²) in [5, 5.41) is 7.36. The summed E-state index contributed by atoms with van der Waals surface area (Å²) >= 11 is 6.04. The Balaban J connectivity index is 2.02. The Kier molecular flexibility index (Phi) is 5.94. The van der Waals surface area contributed by atoms with E-state index in [2.05, 4.69) is 10.4 Å². The van der Waals surface area contributed by atoms with Crippen LogP contribution in [0.25, 0.3) is 11.3 Å². The van der Waals surface area contributed by atoms with Gasteiger partial charge in [-0.15, -0.1) is 0 Å². The van der Waals surface area contributed by atoms with E-state index in [9.17, 15) is 14.0 Å². The molecule has 1 amide bonds. The van der Waals surface area contributed by atoms with Gasteiger partial charge in [0.2, 0.25) is 0 Å². The molecule has 156 valence electrons. The van der Waals surface area contributed by atoms with Gasteiger partial charge in [0, 0.05) is 11.3 Å². The highest BCUT2D eigenvalue weighted by Gasteiger charge is 2.25. The van der Waals surface area contributed by atoms with Crippen LogP contribution in [-0.2, 0) is 10.3 Å². The number of nitrogens with zero attached hydrogens (tertiary/aromatic N) is 2. The SMILES string of the molecule is COC(=O)c1cc(NC(=O)c2cnn(C(C)(C)C)c2-c2ccc(F)cc2)ccc1Cl. The van der Waals surface area contributed by atoms with Crippen molar-refractivity contribution in [1.82, 2.24) is 9.78 Å². The predicted octanol–water partition coefficient (Wildman–Crippen LogP) is 5.14. The smallest absolute Gasteiger partial charge is 0.339 e. The number of amides is 1. The molecule has 0 saturated carbocycles. The maximum absolute atomic E-state index is 13.4. The molecule has 0 spiro atoms. The van der Waals surface area contributed by atoms with E-state index in [1.807, 2.05) is 20.8 Å². The number of carbonyl (C=O) groups is 2. The molecule has 1 heterocycles. The third kappa shape index (κ3) is 4.36. The van der Waals surface area contributed by atoms with Crippen LogP contribution >= 0.6 is 11.6 Å². The molecule has 30 heavy (non-hydrogen) atoms. The Morgan fingerprint density at radius 3 is 2.37 bits per heavy atom. The molecule has 3 aromatic rings. The summed E-state index contributed by atoms with van der Waals surface area (Å²) in [7, 11) is 1.25. The van der Waals surface area contributed by atoms with Gasteiger partial charge < -0.3 is 10.1 Å². The maximum Gasteiger partial charge on any atom is 0.339 e. The van der Waals surface area contributed by atoms with Gasteiger partial charge in [0.15, 0.2) is 0 Å². The average Bonchev–Trinajstić information content (AvgIpc) is 3.15. The first-order chi connectivity index (χ1) is 14.1. The van der Waals surface area contributed by atoms with E-state index < -0.39 is 17.4 Å². The lowest BCUT2D eigenvalue weighted by atomic mass is 10.0. The third-order valence-corrected chi connectivity index (χ3v) is 4.73. The molecule has 0 saturated heterocycles. The van der Waals surface area contributed by atoms with Gasteiger partial charge in [-0.2, -0.15) is 5.10 Å². The van der Waals surface area contributed by atoms with E-state index in [1.165, 1.54) is 37.6 Å². The number of hydrogen-bond donors (Lipinski definition) is 1. The number of rotatable bonds is 4. The zero-order valence-corrected chi connectivity index (χ0v) is 17.7. The molecule has 1 aromatic heterocycles. The number of esters is 1. The van der Waals surface area contributed by atoms with Crippen LogP contribution in [0.1, 0.15) is 41.5 Å². The number of hydrogen-bond acceptors (Lipinski definition) is 4. The summed E-state index contributed by atoms with van der Waals surface area (Å²) in [6.07, 6.45) is 1.47. The van der Waals surface area contributed by atoms with E-state index in [0.29, 0.717) is 22.5 Å². The normalized spacial score (nSPS) is 11.3. The second-order valence-corrected chi connectivity index (χ2v) is 8.04. The third-order valence-electron chi connectivity index (χ3n) is 4.40. The fourth-order valence-electron chi connectivity index (χ4n) is 2.98. The van der Waals surface area contributed by atoms with Crippen LogP contribution in [-0.4, -0.2) is 28.8 Å². The minimum absolute atomic E-state index is 0.140. The van der Waals surface area contributed by atoms with Crippen molar-refractivity contribution in [2.24, 2.45) is 0 Å². The van der Waals surface area contributed by atoms with Crippen LogP contribution < -0.4 is 5.32 Å². The van der Waals surface area contributed by atoms with Crippen molar-refractivity contribution in [3.05, 3.63) is 70.6 Å². The molecule has 6 nitrogen and oxygen atoms in total. The van der Waals surface area contributed by atoms with Gasteiger partial charge in [0.25, 0.3) is 5.91 Å². The highest BCUT2D eigenvalue weighted by atomic mass is 35.5. The van der Waals surface area contributed by atoms with Crippen molar-refractivity contribution in [3.8, 4) is 11.3 Å². The summed E-state index contributed by atoms with van der Waals surface area (Å²) in [6.45, 7) is 5.86. The average molecular weight is 430 g/mol. The van der Waals surface area contributed by atoms with Gasteiger partial charge in [-0.05, 0) is 63.2 Å². The number of benzene rings is 2. The van der Waals surface area contributed by atoms with Gasteiger partial charge in [0.05, 0.1) is 40.7 Å². The summed E-state index contributed by atoms with van der Waals surface area (Å²) < 4.78 is 19.9. The number of methoxy groups -OCH3 is 1. The highest BCUT2D eigenvalue weighted by Crippen LogP contribution is 2.30. The predicted molar refractivity (Wildman–Crippen MR) is 113 cm³/mol. The van der Waals surface area contributed by atoms with E-state index in [0.717, 1.165) is 0 Å². The molecule has 1 N–H and O–H groups in total. The largest absolute Gasteiger partial charge is 0.465 e. The molecule has 2 aromatic carbocycles. The molecule has 0 fully saturated rings. The zero-order valence-electron chi connectivity index (χ0n) is 17.0. The highest BCUT2D eigenvalue weighted by molar-refractivity contribution is 6.33. The Morgan fingerprint density at radius 2 is 1.77 bits per heavy atom. The summed E-state index contributed by atoms with van der Waals surface area (Å²) in [5.41, 5.74) is 1.62. The summed E-state index contributed by atoms with van der Waals surface area (Å²) in [5.74, 6) is -1.41. The number of ether oxygens (including phenoxy) is 1. The molecular formula is C22H21ClFN3O3. The lowest BCUT2D eigenvalue weighted by Crippen LogP contribution is -2.24. The molecule has 0 aliphatic rings. The summed E-state index contributed by atoms with van der Waals surface area (Å²) in [4.78, 5) is 24.9. The molecule has 0 bridgehead atoms. The monoisotopic (exact) mass is 429 g/mol. The molecule has 0 unspecified atom stereocenters. The van der Waals surface area contributed by atoms with Crippen molar-refractivity contribution in [2.75, 3.05) is 12.4 Å². The van der Waals surface area contributed by atoms with Crippen molar-refractivity contribution in [1.29, 1.82) is 0 Å². The molecular weight excluding hydrogens is 409 g/mol. The van der Waals surface area contributed by atoms with Crippen molar-refractivity contribution in [3.63, 3.8) is 0 Å². The first kappa shape index (κ1) is 21.5. The van der Waals surface area contributed by atoms with Crippen LogP contribution in [0.2, 0.25) is 5.02 Å². The quantitative estimate of drug-likeness (QED) is 0.583. The van der Waals surface area contributed by atoms with E-state index in [1.54, 1.807) is 22.9 Å². The fraction of sp³-hybridized carbons (Fsp3) is 0.227. The molecule has 8 heteroatoms. The maximum atomic E-state index is 13.4. The van der Waals surface area contributed by atoms with E-state index >= 15 is 0 Å². The fourth-order valence-corrected chi connectivity index (χ4v) is 3.17. The van der Waals surface area contributed by atoms with Crippen molar-refractivity contribution >= 4 is 29.2 Å². The number of carbonyl (C=O) groups excluding carboxylic acids is 2. The standard InChI is InChI=1S/C22H21ClFN3O3/c1-22(2,3)27-19(13-5-7-14(24)8-6-13)17(12-25-27)20(28)26-15-9-10-18(23)16(11-15)21(29)30-4/h5-12H,1-4H3,(H,26,28). The topological polar surface area (TPSA) is 73.2 Å². The van der Waals surface area contributed by atoms with Crippen molar-refractivity contribution in [2.45, 2.75) is 26.3 Å². The summed E-state index contributed by atoms with van der Waals surface area (Å²) in [6, 6.07) is 10.4. The van der Waals surface area contributed by atoms with Crippen LogP contribution in [0.15, 0.2) is 48.7 Å². The number of nitrogens with one attached hydrogen (secondary N) is 1. The van der Waals surface area contributed by atoms with Gasteiger partial charge in [-0.3, -0.25) is 9.48 Å². The van der Waals surface area contributed by atoms with Gasteiger partial charge in [-0.1, -0.05) is 11.6 Å². The number of anilines is 1. The van der Waals surface area contributed by atoms with Crippen molar-refractivity contribution < 1.29 is 18.7 Å². The van der Waals surface area contributed by atoms with Crippen LogP contribution in [0.5, 0.6) is 0 Å². The van der Waals surface area contributed by atoms with Gasteiger partial charge in [-0.25, -0.2) is 9.18 Å². The van der Waals surface area contributed by atoms with Crippen LogP contribution in [0.3, 0.4) is 0 Å². The Morgan fingerprint density at radius 1 is 1.10 bits per heavy atom. The Hall–Kier alpha value is -3.19. The van der Waals surface area contributed by atoms with E-state index in [4.69, 9.17) is 16.3 Å². The van der Waals surface area contributed by atoms with Gasteiger partial charge >= 0.3 is 5.97 Å². The minimum atomic E-state index is -0.608. The molecule has 0 atom stereocenters. The first-order valence-corrected chi connectivity index (χ1v) is 9.53. The molecule has 0 aliphatic carbocycles. The Labute approximate surface area is 178 Å². The molecule has 3 rings (SSSR count). The molecule has 0 radical (unpaired) electrons. The van der Waals surface area contributed by atoms with Crippen LogP contribution in [0, 0.1) is 5.82 Å². The lowest BCUT2D eigenvalue weighted by Gasteiger charge is -2.23. The van der Waals surface area contributed by atoms with Gasteiger partial charge in [0.1, 0.15) is 5.82 Å². The van der Waals surface area contributed by atoms with Crippen LogP contribution in [0.4, 0.5) is 10.1 Å². The molecule has 0 aliphatic heterocycles. The first-order valence-electron chi connectivity index (χ1n) is 9.15. The second-order valence-electron chi connectivity index (χ2n) is 7.64. The Bertz CT molecular complexity index is 1100. The minimum Gasteiger partial charge on any atom is -0.465 e. The number of aromatic nitrogens is 2. The number of halogens is 2.